The number of hydrogen-bond donors (Lipinski definition) is 3. The van der Waals surface area contributed by atoms with Gasteiger partial charge in [0.25, 0.3) is 0 Å². The first-order chi connectivity index (χ1) is 7.54. The van der Waals surface area contributed by atoms with Gasteiger partial charge in [-0.3, -0.25) is 4.79 Å². The molecule has 0 aliphatic carbocycles. The van der Waals surface area contributed by atoms with Gasteiger partial charge in [-0.2, -0.15) is 0 Å². The van der Waals surface area contributed by atoms with Crippen LogP contribution >= 0.6 is 15.9 Å². The molecule has 0 heterocycles. The summed E-state index contributed by atoms with van der Waals surface area (Å²) in [5.74, 6) is -0.251. The van der Waals surface area contributed by atoms with Crippen molar-refractivity contribution in [3.05, 3.63) is 22.7 Å². The Hall–Kier alpha value is -1.07. The van der Waals surface area contributed by atoms with E-state index >= 15 is 0 Å². The van der Waals surface area contributed by atoms with E-state index in [0.29, 0.717) is 18.7 Å². The summed E-state index contributed by atoms with van der Waals surface area (Å²) in [6, 6.07) is 4.88. The van der Waals surface area contributed by atoms with Gasteiger partial charge in [-0.05, 0) is 31.2 Å². The number of phenols is 1. The second-order valence-electron chi connectivity index (χ2n) is 3.63. The van der Waals surface area contributed by atoms with Crippen molar-refractivity contribution in [2.24, 2.45) is 11.7 Å². The van der Waals surface area contributed by atoms with E-state index in [1.54, 1.807) is 19.1 Å². The molecule has 5 heteroatoms. The summed E-state index contributed by atoms with van der Waals surface area (Å²) in [6.07, 6.45) is 0.626. The smallest absolute Gasteiger partial charge is 0.227 e. The number of aromatic hydroxyl groups is 1. The van der Waals surface area contributed by atoms with Gasteiger partial charge in [0.2, 0.25) is 5.91 Å². The van der Waals surface area contributed by atoms with Gasteiger partial charge in [0.1, 0.15) is 5.75 Å². The van der Waals surface area contributed by atoms with E-state index in [0.717, 1.165) is 4.47 Å². The van der Waals surface area contributed by atoms with Gasteiger partial charge in [0.15, 0.2) is 0 Å². The molecular formula is C11H15BrN2O2. The molecule has 0 saturated carbocycles. The van der Waals surface area contributed by atoms with Gasteiger partial charge in [-0.25, -0.2) is 0 Å². The Labute approximate surface area is 103 Å². The summed E-state index contributed by atoms with van der Waals surface area (Å²) in [5, 5.41) is 12.2. The number of halogens is 1. The number of nitrogens with two attached hydrogens (primary N) is 1. The summed E-state index contributed by atoms with van der Waals surface area (Å²) in [6.45, 7) is 2.27. The molecule has 1 aromatic rings. The number of carbonyl (C=O) groups is 1. The van der Waals surface area contributed by atoms with E-state index in [1.807, 2.05) is 0 Å². The van der Waals surface area contributed by atoms with Crippen LogP contribution in [0.5, 0.6) is 5.75 Å². The third-order valence-electron chi connectivity index (χ3n) is 2.26. The summed E-state index contributed by atoms with van der Waals surface area (Å²) in [4.78, 5) is 11.7. The summed E-state index contributed by atoms with van der Waals surface area (Å²) in [7, 11) is 0. The molecule has 0 aliphatic heterocycles. The number of nitrogens with one attached hydrogen (secondary N) is 1. The van der Waals surface area contributed by atoms with E-state index in [-0.39, 0.29) is 17.6 Å². The molecule has 0 aromatic heterocycles. The van der Waals surface area contributed by atoms with Gasteiger partial charge >= 0.3 is 0 Å². The zero-order valence-electron chi connectivity index (χ0n) is 9.03. The van der Waals surface area contributed by atoms with Crippen molar-refractivity contribution in [1.82, 2.24) is 0 Å². The maximum atomic E-state index is 11.7. The van der Waals surface area contributed by atoms with Gasteiger partial charge in [-0.1, -0.05) is 22.9 Å². The van der Waals surface area contributed by atoms with E-state index in [9.17, 15) is 9.90 Å². The van der Waals surface area contributed by atoms with Crippen molar-refractivity contribution in [2.75, 3.05) is 11.9 Å². The lowest BCUT2D eigenvalue weighted by Crippen LogP contribution is -2.22. The van der Waals surface area contributed by atoms with Gasteiger partial charge in [0.05, 0.1) is 5.69 Å². The molecular weight excluding hydrogens is 272 g/mol. The molecule has 4 nitrogen and oxygen atoms in total. The SMILES string of the molecule is CC(CCN)C(=O)Nc1cc(Br)ccc1O. The molecule has 0 aliphatic rings. The van der Waals surface area contributed by atoms with Crippen molar-refractivity contribution in [3.8, 4) is 5.75 Å². The Morgan fingerprint density at radius 3 is 2.94 bits per heavy atom. The predicted molar refractivity (Wildman–Crippen MR) is 67.3 cm³/mol. The second kappa shape index (κ2) is 5.86. The summed E-state index contributed by atoms with van der Waals surface area (Å²) < 4.78 is 0.798. The minimum Gasteiger partial charge on any atom is -0.506 e. The highest BCUT2D eigenvalue weighted by atomic mass is 79.9. The molecule has 16 heavy (non-hydrogen) atoms. The maximum absolute atomic E-state index is 11.7. The lowest BCUT2D eigenvalue weighted by Gasteiger charge is -2.12. The van der Waals surface area contributed by atoms with Crippen molar-refractivity contribution in [2.45, 2.75) is 13.3 Å². The topological polar surface area (TPSA) is 75.4 Å². The number of carbonyl (C=O) groups excluding carboxylic acids is 1. The molecule has 0 fully saturated rings. The van der Waals surface area contributed by atoms with Crippen LogP contribution in [-0.4, -0.2) is 17.6 Å². The molecule has 4 N–H and O–H groups in total. The van der Waals surface area contributed by atoms with Crippen LogP contribution in [0.25, 0.3) is 0 Å². The predicted octanol–water partition coefficient (Wildman–Crippen LogP) is 2.08. The first kappa shape index (κ1) is 13.0. The lowest BCUT2D eigenvalue weighted by atomic mass is 10.1. The molecule has 1 atom stereocenters. The average molecular weight is 287 g/mol. The minimum atomic E-state index is -0.164. The van der Waals surface area contributed by atoms with Crippen LogP contribution in [-0.2, 0) is 4.79 Å². The maximum Gasteiger partial charge on any atom is 0.227 e. The molecule has 88 valence electrons. The number of anilines is 1. The summed E-state index contributed by atoms with van der Waals surface area (Å²) in [5.41, 5.74) is 5.78. The van der Waals surface area contributed by atoms with Crippen LogP contribution in [0, 0.1) is 5.92 Å². The Morgan fingerprint density at radius 1 is 1.62 bits per heavy atom. The standard InChI is InChI=1S/C11H15BrN2O2/c1-7(4-5-13)11(16)14-9-6-8(12)2-3-10(9)15/h2-3,6-7,15H,4-5,13H2,1H3,(H,14,16). The highest BCUT2D eigenvalue weighted by Gasteiger charge is 2.13. The lowest BCUT2D eigenvalue weighted by molar-refractivity contribution is -0.119. The third kappa shape index (κ3) is 3.50. The first-order valence-corrected chi connectivity index (χ1v) is 5.83. The fraction of sp³-hybridized carbons (Fsp3) is 0.364. The third-order valence-corrected chi connectivity index (χ3v) is 2.76. The van der Waals surface area contributed by atoms with E-state index in [4.69, 9.17) is 5.73 Å². The number of hydrogen-bond acceptors (Lipinski definition) is 3. The molecule has 0 bridgehead atoms. The second-order valence-corrected chi connectivity index (χ2v) is 4.54. The van der Waals surface area contributed by atoms with Crippen molar-refractivity contribution >= 4 is 27.5 Å². The van der Waals surface area contributed by atoms with Crippen LogP contribution in [0.3, 0.4) is 0 Å². The van der Waals surface area contributed by atoms with Crippen LogP contribution in [0.15, 0.2) is 22.7 Å². The zero-order valence-corrected chi connectivity index (χ0v) is 10.6. The van der Waals surface area contributed by atoms with Crippen molar-refractivity contribution < 1.29 is 9.90 Å². The fourth-order valence-corrected chi connectivity index (χ4v) is 1.61. The van der Waals surface area contributed by atoms with E-state index in [2.05, 4.69) is 21.2 Å². The molecule has 0 spiro atoms. The Bertz CT molecular complexity index is 382. The Morgan fingerprint density at radius 2 is 2.31 bits per heavy atom. The molecule has 0 saturated heterocycles. The fourth-order valence-electron chi connectivity index (χ4n) is 1.25. The van der Waals surface area contributed by atoms with Crippen molar-refractivity contribution in [3.63, 3.8) is 0 Å². The molecule has 1 aromatic carbocycles. The van der Waals surface area contributed by atoms with Crippen LogP contribution in [0.1, 0.15) is 13.3 Å². The van der Waals surface area contributed by atoms with Crippen molar-refractivity contribution in [1.29, 1.82) is 0 Å². The number of rotatable bonds is 4. The van der Waals surface area contributed by atoms with Gasteiger partial charge in [-0.15, -0.1) is 0 Å². The van der Waals surface area contributed by atoms with Crippen LogP contribution in [0.2, 0.25) is 0 Å². The van der Waals surface area contributed by atoms with Gasteiger partial charge in [0, 0.05) is 10.4 Å². The molecule has 1 unspecified atom stereocenters. The minimum absolute atomic E-state index is 0.0523. The van der Waals surface area contributed by atoms with Crippen LogP contribution < -0.4 is 11.1 Å². The van der Waals surface area contributed by atoms with Crippen LogP contribution in [0.4, 0.5) is 5.69 Å². The largest absolute Gasteiger partial charge is 0.506 e. The van der Waals surface area contributed by atoms with E-state index < -0.39 is 0 Å². The highest BCUT2D eigenvalue weighted by Crippen LogP contribution is 2.27. The van der Waals surface area contributed by atoms with E-state index in [1.165, 1.54) is 6.07 Å². The molecule has 0 radical (unpaired) electrons. The Kier molecular flexibility index (Phi) is 4.76. The average Bonchev–Trinajstić information content (AvgIpc) is 2.23. The normalized spacial score (nSPS) is 12.2. The highest BCUT2D eigenvalue weighted by molar-refractivity contribution is 9.10. The number of amides is 1. The van der Waals surface area contributed by atoms with Gasteiger partial charge < -0.3 is 16.2 Å². The zero-order chi connectivity index (χ0) is 12.1. The number of phenolic OH excluding ortho intramolecular Hbond substituents is 1. The quantitative estimate of drug-likeness (QED) is 0.742. The molecule has 1 amide bonds. The Balaban J connectivity index is 2.72. The molecule has 1 rings (SSSR count). The summed E-state index contributed by atoms with van der Waals surface area (Å²) >= 11 is 3.27. The number of benzene rings is 1. The first-order valence-electron chi connectivity index (χ1n) is 5.04. The monoisotopic (exact) mass is 286 g/mol.